The number of sulfonamides is 1. The van der Waals surface area contributed by atoms with Gasteiger partial charge in [0.2, 0.25) is 15.9 Å². The molecule has 0 fully saturated rings. The summed E-state index contributed by atoms with van der Waals surface area (Å²) < 4.78 is 39.2. The molecule has 0 heterocycles. The van der Waals surface area contributed by atoms with Gasteiger partial charge in [-0.2, -0.15) is 0 Å². The van der Waals surface area contributed by atoms with Crippen molar-refractivity contribution < 1.29 is 22.4 Å². The zero-order valence-electron chi connectivity index (χ0n) is 17.3. The molecule has 2 amide bonds. The molecule has 0 aliphatic rings. The van der Waals surface area contributed by atoms with Crippen molar-refractivity contribution in [2.75, 3.05) is 15.9 Å². The largest absolute Gasteiger partial charge is 0.350 e. The number of anilines is 2. The van der Waals surface area contributed by atoms with Gasteiger partial charge in [-0.05, 0) is 56.7 Å². The van der Waals surface area contributed by atoms with Crippen LogP contribution in [0, 0.1) is 5.82 Å². The van der Waals surface area contributed by atoms with Crippen molar-refractivity contribution in [3.05, 3.63) is 59.9 Å². The van der Waals surface area contributed by atoms with Gasteiger partial charge in [-0.3, -0.25) is 13.9 Å². The van der Waals surface area contributed by atoms with Gasteiger partial charge in [-0.1, -0.05) is 19.1 Å². The number of carbonyl (C=O) groups is 2. The number of amides is 2. The van der Waals surface area contributed by atoms with Gasteiger partial charge >= 0.3 is 0 Å². The van der Waals surface area contributed by atoms with Gasteiger partial charge in [0.25, 0.3) is 5.91 Å². The first-order valence-corrected chi connectivity index (χ1v) is 11.3. The monoisotopic (exact) mass is 435 g/mol. The maximum atomic E-state index is 13.3. The van der Waals surface area contributed by atoms with Crippen molar-refractivity contribution in [3.63, 3.8) is 0 Å². The molecule has 30 heavy (non-hydrogen) atoms. The normalized spacial score (nSPS) is 12.3. The van der Waals surface area contributed by atoms with Crippen LogP contribution in [-0.2, 0) is 14.8 Å². The third kappa shape index (κ3) is 5.79. The Labute approximate surface area is 176 Å². The lowest BCUT2D eigenvalue weighted by atomic mass is 10.1. The maximum absolute atomic E-state index is 13.3. The molecule has 2 rings (SSSR count). The topological polar surface area (TPSA) is 95.6 Å². The summed E-state index contributed by atoms with van der Waals surface area (Å²) in [7, 11) is -3.85. The molecule has 0 spiro atoms. The molecule has 162 valence electrons. The number of para-hydroxylation sites is 1. The summed E-state index contributed by atoms with van der Waals surface area (Å²) in [5, 5.41) is 5.43. The van der Waals surface area contributed by atoms with E-state index < -0.39 is 27.8 Å². The minimum Gasteiger partial charge on any atom is -0.350 e. The molecule has 0 saturated heterocycles. The van der Waals surface area contributed by atoms with E-state index in [0.29, 0.717) is 0 Å². The summed E-state index contributed by atoms with van der Waals surface area (Å²) in [4.78, 5) is 25.5. The van der Waals surface area contributed by atoms with Gasteiger partial charge in [0.1, 0.15) is 11.9 Å². The van der Waals surface area contributed by atoms with Crippen LogP contribution in [0.15, 0.2) is 48.5 Å². The van der Waals surface area contributed by atoms with Crippen molar-refractivity contribution in [3.8, 4) is 0 Å². The molecule has 2 N–H and O–H groups in total. The van der Waals surface area contributed by atoms with E-state index in [-0.39, 0.29) is 35.3 Å². The van der Waals surface area contributed by atoms with E-state index in [1.54, 1.807) is 31.2 Å². The summed E-state index contributed by atoms with van der Waals surface area (Å²) in [6.07, 6.45) is 1.15. The minimum atomic E-state index is -3.85. The van der Waals surface area contributed by atoms with Crippen LogP contribution in [0.3, 0.4) is 0 Å². The zero-order chi connectivity index (χ0) is 22.5. The number of hydrogen-bond donors (Lipinski definition) is 2. The fourth-order valence-corrected chi connectivity index (χ4v) is 4.21. The Morgan fingerprint density at radius 3 is 2.20 bits per heavy atom. The fraction of sp³-hybridized carbons (Fsp3) is 0.333. The van der Waals surface area contributed by atoms with Gasteiger partial charge in [-0.15, -0.1) is 0 Å². The van der Waals surface area contributed by atoms with Crippen LogP contribution in [0.4, 0.5) is 15.8 Å². The average molecular weight is 436 g/mol. The highest BCUT2D eigenvalue weighted by Crippen LogP contribution is 2.24. The molecular weight excluding hydrogens is 409 g/mol. The number of nitrogens with one attached hydrogen (secondary N) is 2. The fourth-order valence-electron chi connectivity index (χ4n) is 2.99. The molecule has 0 unspecified atom stereocenters. The molecule has 1 atom stereocenters. The Kier molecular flexibility index (Phi) is 7.55. The van der Waals surface area contributed by atoms with Gasteiger partial charge in [0, 0.05) is 6.04 Å². The highest BCUT2D eigenvalue weighted by molar-refractivity contribution is 7.92. The molecule has 2 aromatic carbocycles. The lowest BCUT2D eigenvalue weighted by Crippen LogP contribution is -2.47. The Balaban J connectivity index is 2.38. The molecule has 0 bridgehead atoms. The second kappa shape index (κ2) is 9.71. The lowest BCUT2D eigenvalue weighted by molar-refractivity contribution is -0.117. The second-order valence-electron chi connectivity index (χ2n) is 7.12. The van der Waals surface area contributed by atoms with Crippen molar-refractivity contribution in [1.29, 1.82) is 0 Å². The van der Waals surface area contributed by atoms with Crippen molar-refractivity contribution in [2.45, 2.75) is 39.3 Å². The third-order valence-electron chi connectivity index (χ3n) is 4.26. The Morgan fingerprint density at radius 1 is 1.07 bits per heavy atom. The van der Waals surface area contributed by atoms with Gasteiger partial charge in [0.15, 0.2) is 0 Å². The van der Waals surface area contributed by atoms with Crippen LogP contribution in [0.2, 0.25) is 0 Å². The van der Waals surface area contributed by atoms with Crippen molar-refractivity contribution >= 4 is 33.2 Å². The Hall–Kier alpha value is -2.94. The number of benzene rings is 2. The SMILES string of the molecule is CC[C@H](C(=O)Nc1ccccc1C(=O)NC(C)C)N(c1ccc(F)cc1)S(C)(=O)=O. The summed E-state index contributed by atoms with van der Waals surface area (Å²) >= 11 is 0. The van der Waals surface area contributed by atoms with E-state index in [0.717, 1.165) is 22.7 Å². The summed E-state index contributed by atoms with van der Waals surface area (Å²) in [5.74, 6) is -1.47. The van der Waals surface area contributed by atoms with E-state index in [2.05, 4.69) is 10.6 Å². The van der Waals surface area contributed by atoms with E-state index in [1.165, 1.54) is 12.1 Å². The molecule has 0 aromatic heterocycles. The smallest absolute Gasteiger partial charge is 0.253 e. The first-order valence-electron chi connectivity index (χ1n) is 9.50. The Bertz CT molecular complexity index is 1010. The van der Waals surface area contributed by atoms with E-state index >= 15 is 0 Å². The van der Waals surface area contributed by atoms with Crippen LogP contribution in [0.25, 0.3) is 0 Å². The first kappa shape index (κ1) is 23.3. The first-order chi connectivity index (χ1) is 14.0. The molecular formula is C21H26FN3O4S. The third-order valence-corrected chi connectivity index (χ3v) is 5.44. The molecule has 2 aromatic rings. The van der Waals surface area contributed by atoms with Gasteiger partial charge in [0.05, 0.1) is 23.2 Å². The van der Waals surface area contributed by atoms with Crippen molar-refractivity contribution in [1.82, 2.24) is 5.32 Å². The molecule has 0 aliphatic heterocycles. The van der Waals surface area contributed by atoms with E-state index in [4.69, 9.17) is 0 Å². The van der Waals surface area contributed by atoms with Crippen LogP contribution in [-0.4, -0.2) is 38.6 Å². The summed E-state index contributed by atoms with van der Waals surface area (Å²) in [6, 6.07) is 10.2. The van der Waals surface area contributed by atoms with Gasteiger partial charge < -0.3 is 10.6 Å². The average Bonchev–Trinajstić information content (AvgIpc) is 2.65. The summed E-state index contributed by atoms with van der Waals surface area (Å²) in [6.45, 7) is 5.31. The predicted octanol–water partition coefficient (Wildman–Crippen LogP) is 3.15. The number of rotatable bonds is 8. The molecule has 0 aliphatic carbocycles. The minimum absolute atomic E-state index is 0.0937. The number of nitrogens with zero attached hydrogens (tertiary/aromatic N) is 1. The zero-order valence-corrected chi connectivity index (χ0v) is 18.2. The highest BCUT2D eigenvalue weighted by Gasteiger charge is 2.32. The predicted molar refractivity (Wildman–Crippen MR) is 115 cm³/mol. The molecule has 0 radical (unpaired) electrons. The van der Waals surface area contributed by atoms with Gasteiger partial charge in [-0.25, -0.2) is 12.8 Å². The molecule has 7 nitrogen and oxygen atoms in total. The maximum Gasteiger partial charge on any atom is 0.253 e. The van der Waals surface area contributed by atoms with Crippen LogP contribution in [0.5, 0.6) is 0 Å². The Morgan fingerprint density at radius 2 is 1.67 bits per heavy atom. The quantitative estimate of drug-likeness (QED) is 0.666. The van der Waals surface area contributed by atoms with Crippen LogP contribution in [0.1, 0.15) is 37.6 Å². The van der Waals surface area contributed by atoms with E-state index in [1.807, 2.05) is 13.8 Å². The molecule has 9 heteroatoms. The standard InChI is InChI=1S/C21H26FN3O4S/c1-5-19(25(30(4,28)29)16-12-10-15(22)11-13-16)21(27)24-18-9-7-6-8-17(18)20(26)23-14(2)3/h6-14,19H,5H2,1-4H3,(H,23,26)(H,24,27)/t19-/m1/s1. The number of carbonyl (C=O) groups excluding carboxylic acids is 2. The second-order valence-corrected chi connectivity index (χ2v) is 8.98. The number of hydrogen-bond acceptors (Lipinski definition) is 4. The van der Waals surface area contributed by atoms with Crippen molar-refractivity contribution in [2.24, 2.45) is 0 Å². The molecule has 0 saturated carbocycles. The highest BCUT2D eigenvalue weighted by atomic mass is 32.2. The number of halogens is 1. The lowest BCUT2D eigenvalue weighted by Gasteiger charge is -2.30. The van der Waals surface area contributed by atoms with Crippen LogP contribution < -0.4 is 14.9 Å². The summed E-state index contributed by atoms with van der Waals surface area (Å²) in [5.41, 5.74) is 0.709. The van der Waals surface area contributed by atoms with E-state index in [9.17, 15) is 22.4 Å². The van der Waals surface area contributed by atoms with Crippen LogP contribution >= 0.6 is 0 Å².